The zero-order valence-electron chi connectivity index (χ0n) is 45.6. The number of ether oxygens (including phenoxy) is 11. The maximum absolute atomic E-state index is 14.1. The highest BCUT2D eigenvalue weighted by atomic mass is 16.8. The van der Waals surface area contributed by atoms with Crippen molar-refractivity contribution in [3.63, 3.8) is 0 Å². The quantitative estimate of drug-likeness (QED) is 0.0876. The smallest absolute Gasteiger partial charge is 0.308 e. The average molecular weight is 1080 g/mol. The standard InChI is InChI=1S/C52H89NO22/c1-13-34-31(23-67-50-47(66-12)46(65-11)39(59)27(5)69-50)24(2)15-14-16-32(56)25(3)19-30(17-18-54)43(26(4)33(57)20-36(58)71-34)74-51-45(75-49-42(62)41(61)40(60)35(22-55)72-49)38(53(9)10)44(28(6)70-51)73-37-21-52(8,64)48(63)29(7)68-37/h14-16,25-31,33-35,37-51,54-55,57,59-64H,13,17-23H2,1-12H3/b16-14+,24-15+/t25-,26+,27-,28-,29+,30+,31+,33-,34-,35-,37+,38+,39-,40-,41+,42-,43-,44-,45-,46-,47-,48+,49+,50-,51+,52?/m1/s1. The Morgan fingerprint density at radius 3 is 2.00 bits per heavy atom. The average Bonchev–Trinajstić information content (AvgIpc) is 3.35. The summed E-state index contributed by atoms with van der Waals surface area (Å²) in [5, 5.41) is 98.2. The lowest BCUT2D eigenvalue weighted by molar-refractivity contribution is -0.378. The molecule has 9 N–H and O–H groups in total. The zero-order chi connectivity index (χ0) is 55.8. The number of hydrogen-bond acceptors (Lipinski definition) is 23. The molecule has 26 atom stereocenters. The van der Waals surface area contributed by atoms with Gasteiger partial charge >= 0.3 is 5.97 Å². The number of cyclic esters (lactones) is 1. The monoisotopic (exact) mass is 1080 g/mol. The second kappa shape index (κ2) is 28.3. The van der Waals surface area contributed by atoms with Gasteiger partial charge in [-0.3, -0.25) is 9.59 Å². The SMILES string of the molecule is CC[C@H]1OC(=O)C[C@@H](O)[C@H](C)[C@@H](O[C@@H]2O[C@H](C)[C@@H](O[C@H]3CC(C)(O)[C@@H](O)[C@H](C)O3)[C@H](N(C)C)[C@H]2O[C@@H]2O[C@H](CO)[C@@H](O)[C@H](O)[C@H]2O)[C@@H](CCO)C[C@@H](C)C(=O)/C=C/C=C(\C)[C@@H]1CO[C@@H]1O[C@H](C)[C@@H](O)[C@@H](OC)[C@H]1OC. The summed E-state index contributed by atoms with van der Waals surface area (Å²) >= 11 is 0. The summed E-state index contributed by atoms with van der Waals surface area (Å²) in [6.45, 7) is 12.3. The molecule has 4 fully saturated rings. The molecule has 23 nitrogen and oxygen atoms in total. The van der Waals surface area contributed by atoms with Crippen molar-refractivity contribution < 1.29 is 108 Å². The third-order valence-electron chi connectivity index (χ3n) is 15.8. The summed E-state index contributed by atoms with van der Waals surface area (Å²) in [4.78, 5) is 29.8. The second-order valence-corrected chi connectivity index (χ2v) is 21.6. The molecular formula is C52H89NO22. The molecule has 23 heteroatoms. The summed E-state index contributed by atoms with van der Waals surface area (Å²) in [7, 11) is 6.32. The van der Waals surface area contributed by atoms with Gasteiger partial charge in [-0.25, -0.2) is 0 Å². The fourth-order valence-electron chi connectivity index (χ4n) is 11.1. The van der Waals surface area contributed by atoms with E-state index >= 15 is 0 Å². The van der Waals surface area contributed by atoms with E-state index in [2.05, 4.69) is 0 Å². The first-order valence-corrected chi connectivity index (χ1v) is 26.4. The molecule has 0 radical (unpaired) electrons. The van der Waals surface area contributed by atoms with Crippen LogP contribution in [0.5, 0.6) is 0 Å². The first-order chi connectivity index (χ1) is 35.3. The van der Waals surface area contributed by atoms with Crippen LogP contribution in [0.25, 0.3) is 0 Å². The largest absolute Gasteiger partial charge is 0.462 e. The van der Waals surface area contributed by atoms with Gasteiger partial charge in [0.25, 0.3) is 0 Å². The number of allylic oxidation sites excluding steroid dienone is 3. The highest BCUT2D eigenvalue weighted by Gasteiger charge is 2.55. The van der Waals surface area contributed by atoms with Gasteiger partial charge in [-0.05, 0) is 80.0 Å². The molecule has 75 heavy (non-hydrogen) atoms. The maximum Gasteiger partial charge on any atom is 0.308 e. The van der Waals surface area contributed by atoms with Gasteiger partial charge in [0.15, 0.2) is 30.9 Å². The highest BCUT2D eigenvalue weighted by molar-refractivity contribution is 5.91. The minimum Gasteiger partial charge on any atom is -0.462 e. The van der Waals surface area contributed by atoms with Crippen molar-refractivity contribution in [1.29, 1.82) is 0 Å². The third-order valence-corrected chi connectivity index (χ3v) is 15.8. The lowest BCUT2D eigenvalue weighted by Gasteiger charge is -2.52. The Labute approximate surface area is 440 Å². The van der Waals surface area contributed by atoms with E-state index in [1.54, 1.807) is 65.8 Å². The van der Waals surface area contributed by atoms with E-state index in [1.165, 1.54) is 27.2 Å². The van der Waals surface area contributed by atoms with Crippen molar-refractivity contribution in [3.05, 3.63) is 23.8 Å². The van der Waals surface area contributed by atoms with Gasteiger partial charge in [-0.15, -0.1) is 0 Å². The van der Waals surface area contributed by atoms with E-state index in [4.69, 9.17) is 52.1 Å². The summed E-state index contributed by atoms with van der Waals surface area (Å²) in [5.74, 6) is -3.91. The van der Waals surface area contributed by atoms with Gasteiger partial charge in [0, 0.05) is 45.0 Å². The molecule has 5 aliphatic heterocycles. The molecule has 4 saturated heterocycles. The molecule has 5 aliphatic rings. The van der Waals surface area contributed by atoms with E-state index in [-0.39, 0.29) is 38.3 Å². The lowest BCUT2D eigenvalue weighted by Crippen LogP contribution is -2.68. The van der Waals surface area contributed by atoms with Gasteiger partial charge in [-0.1, -0.05) is 38.5 Å². The predicted octanol–water partition coefficient (Wildman–Crippen LogP) is -0.549. The Balaban J connectivity index is 1.51. The number of aliphatic hydroxyl groups is 9. The van der Waals surface area contributed by atoms with Crippen LogP contribution in [-0.2, 0) is 61.7 Å². The van der Waals surface area contributed by atoms with Crippen molar-refractivity contribution in [1.82, 2.24) is 4.90 Å². The second-order valence-electron chi connectivity index (χ2n) is 21.6. The Kier molecular flexibility index (Phi) is 24.0. The molecule has 5 heterocycles. The Morgan fingerprint density at radius 2 is 1.40 bits per heavy atom. The van der Waals surface area contributed by atoms with Crippen LogP contribution in [-0.4, -0.2) is 245 Å². The number of likely N-dealkylation sites (N-methyl/N-ethyl adjacent to an activating group) is 1. The van der Waals surface area contributed by atoms with Gasteiger partial charge in [-0.2, -0.15) is 0 Å². The number of rotatable bonds is 16. The molecule has 1 unspecified atom stereocenters. The number of carbonyl (C=O) groups is 2. The highest BCUT2D eigenvalue weighted by Crippen LogP contribution is 2.40. The Hall–Kier alpha value is -2.18. The third kappa shape index (κ3) is 15.4. The Morgan fingerprint density at radius 1 is 0.747 bits per heavy atom. The van der Waals surface area contributed by atoms with Crippen molar-refractivity contribution in [2.45, 2.75) is 222 Å². The number of ketones is 1. The normalized spacial score (nSPS) is 47.2. The first kappa shape index (κ1) is 63.6. The molecule has 0 aromatic heterocycles. The molecule has 0 aliphatic carbocycles. The molecule has 0 aromatic carbocycles. The van der Waals surface area contributed by atoms with E-state index < -0.39 is 177 Å². The van der Waals surface area contributed by atoms with Crippen molar-refractivity contribution in [3.8, 4) is 0 Å². The van der Waals surface area contributed by atoms with Gasteiger partial charge in [0.2, 0.25) is 0 Å². The van der Waals surface area contributed by atoms with Gasteiger partial charge in [0.05, 0.1) is 61.8 Å². The van der Waals surface area contributed by atoms with E-state index in [9.17, 15) is 55.5 Å². The van der Waals surface area contributed by atoms with Crippen molar-refractivity contribution in [2.24, 2.45) is 23.7 Å². The number of methoxy groups -OCH3 is 2. The van der Waals surface area contributed by atoms with Crippen LogP contribution in [0.2, 0.25) is 0 Å². The molecule has 0 spiro atoms. The van der Waals surface area contributed by atoms with Crippen LogP contribution in [0.1, 0.15) is 87.5 Å². The minimum atomic E-state index is -1.86. The fraction of sp³-hybridized carbons (Fsp3) is 0.885. The van der Waals surface area contributed by atoms with Crippen molar-refractivity contribution in [2.75, 3.05) is 48.1 Å². The number of esters is 1. The molecule has 434 valence electrons. The molecule has 0 saturated carbocycles. The lowest BCUT2D eigenvalue weighted by atomic mass is 9.79. The predicted molar refractivity (Wildman–Crippen MR) is 264 cm³/mol. The number of hydrogen-bond donors (Lipinski definition) is 9. The van der Waals surface area contributed by atoms with Crippen LogP contribution in [0.4, 0.5) is 0 Å². The number of nitrogens with zero attached hydrogens (tertiary/aromatic N) is 1. The summed E-state index contributed by atoms with van der Waals surface area (Å²) in [6, 6.07) is -0.911. The molecular weight excluding hydrogens is 991 g/mol. The summed E-state index contributed by atoms with van der Waals surface area (Å²) in [5.41, 5.74) is -0.894. The van der Waals surface area contributed by atoms with Gasteiger partial charge < -0.3 is 103 Å². The van der Waals surface area contributed by atoms with Crippen LogP contribution in [0, 0.1) is 23.7 Å². The van der Waals surface area contributed by atoms with Crippen LogP contribution >= 0.6 is 0 Å². The van der Waals surface area contributed by atoms with E-state index in [0.29, 0.717) is 12.0 Å². The van der Waals surface area contributed by atoms with E-state index in [1.807, 2.05) is 13.8 Å². The summed E-state index contributed by atoms with van der Waals surface area (Å²) in [6.07, 6.45) is -19.2. The fourth-order valence-corrected chi connectivity index (χ4v) is 11.1. The Bertz CT molecular complexity index is 1840. The minimum absolute atomic E-state index is 0.0451. The number of aliphatic hydroxyl groups excluding tert-OH is 8. The van der Waals surface area contributed by atoms with E-state index in [0.717, 1.165) is 0 Å². The van der Waals surface area contributed by atoms with Gasteiger partial charge in [0.1, 0.15) is 67.1 Å². The first-order valence-electron chi connectivity index (χ1n) is 26.4. The summed E-state index contributed by atoms with van der Waals surface area (Å²) < 4.78 is 68.3. The number of carbonyl (C=O) groups excluding carboxylic acids is 2. The van der Waals surface area contributed by atoms with Crippen molar-refractivity contribution >= 4 is 11.8 Å². The maximum atomic E-state index is 14.1. The van der Waals surface area contributed by atoms with Crippen LogP contribution < -0.4 is 0 Å². The van der Waals surface area contributed by atoms with Crippen LogP contribution in [0.3, 0.4) is 0 Å². The molecule has 5 rings (SSSR count). The molecule has 0 aromatic rings. The topological polar surface area (TPSA) is 321 Å². The molecule has 0 bridgehead atoms. The van der Waals surface area contributed by atoms with Crippen LogP contribution in [0.15, 0.2) is 23.8 Å². The zero-order valence-corrected chi connectivity index (χ0v) is 45.6. The molecule has 0 amide bonds.